The standard InChI is InChI=1S/C17H20N3O2P/c21-9-20-13-3-2-12(8-13)16(20)17-18-14-4-1-11(5-6-23-10-22)7-15(14)19-17/h1,4,7,9-10,12-13,16,23H,2-3,5-6,8H2,(H,18,19)/t12-,13+,16-/m0/s1. The van der Waals surface area contributed by atoms with Crippen LogP contribution in [0.25, 0.3) is 11.0 Å². The van der Waals surface area contributed by atoms with E-state index in [2.05, 4.69) is 17.1 Å². The Hall–Kier alpha value is -1.74. The van der Waals surface area contributed by atoms with Crippen LogP contribution in [0, 0.1) is 5.92 Å². The number of nitrogens with one attached hydrogen (secondary N) is 1. The minimum absolute atomic E-state index is 0.110. The van der Waals surface area contributed by atoms with E-state index in [1.807, 2.05) is 11.0 Å². The van der Waals surface area contributed by atoms with Crippen LogP contribution in [0.5, 0.6) is 0 Å². The first-order valence-corrected chi connectivity index (χ1v) is 9.47. The summed E-state index contributed by atoms with van der Waals surface area (Å²) in [6.45, 7) is 0. The van der Waals surface area contributed by atoms with Crippen molar-refractivity contribution in [3.63, 3.8) is 0 Å². The van der Waals surface area contributed by atoms with Gasteiger partial charge in [-0.1, -0.05) is 14.6 Å². The second kappa shape index (κ2) is 6.04. The largest absolute Gasteiger partial charge is 0.340 e. The Morgan fingerprint density at radius 2 is 2.26 bits per heavy atom. The van der Waals surface area contributed by atoms with E-state index in [4.69, 9.17) is 4.98 Å². The predicted octanol–water partition coefficient (Wildman–Crippen LogP) is 2.66. The molecule has 4 rings (SSSR count). The number of aromatic nitrogens is 2. The second-order valence-corrected chi connectivity index (χ2v) is 7.66. The number of hydrogen-bond acceptors (Lipinski definition) is 3. The van der Waals surface area contributed by atoms with Crippen molar-refractivity contribution in [2.24, 2.45) is 5.92 Å². The molecule has 120 valence electrons. The Labute approximate surface area is 136 Å². The van der Waals surface area contributed by atoms with Crippen molar-refractivity contribution in [3.8, 4) is 0 Å². The number of nitrogens with zero attached hydrogens (tertiary/aromatic N) is 2. The summed E-state index contributed by atoms with van der Waals surface area (Å²) in [5.74, 6) is 1.46. The van der Waals surface area contributed by atoms with Gasteiger partial charge in [-0.3, -0.25) is 9.59 Å². The van der Waals surface area contributed by atoms with Crippen LogP contribution in [0.4, 0.5) is 0 Å². The summed E-state index contributed by atoms with van der Waals surface area (Å²) in [4.78, 5) is 32.0. The number of aromatic amines is 1. The van der Waals surface area contributed by atoms with Gasteiger partial charge in [-0.05, 0) is 55.5 Å². The average molecular weight is 329 g/mol. The molecule has 0 spiro atoms. The molecule has 23 heavy (non-hydrogen) atoms. The smallest absolute Gasteiger partial charge is 0.210 e. The number of likely N-dealkylation sites (tertiary alicyclic amines) is 1. The molecule has 2 fully saturated rings. The lowest BCUT2D eigenvalue weighted by Crippen LogP contribution is -2.34. The minimum Gasteiger partial charge on any atom is -0.340 e. The summed E-state index contributed by atoms with van der Waals surface area (Å²) < 4.78 is 0. The maximum Gasteiger partial charge on any atom is 0.210 e. The van der Waals surface area contributed by atoms with E-state index in [0.717, 1.165) is 54.7 Å². The lowest BCUT2D eigenvalue weighted by Gasteiger charge is -2.30. The summed E-state index contributed by atoms with van der Waals surface area (Å²) in [5, 5.41) is 0. The van der Waals surface area contributed by atoms with E-state index in [9.17, 15) is 9.59 Å². The van der Waals surface area contributed by atoms with Gasteiger partial charge in [0, 0.05) is 6.04 Å². The van der Waals surface area contributed by atoms with Gasteiger partial charge in [0.25, 0.3) is 0 Å². The molecule has 1 saturated carbocycles. The highest BCUT2D eigenvalue weighted by molar-refractivity contribution is 7.54. The first-order chi connectivity index (χ1) is 11.3. The summed E-state index contributed by atoms with van der Waals surface area (Å²) in [6.07, 6.45) is 6.24. The number of rotatable bonds is 6. The van der Waals surface area contributed by atoms with Crippen molar-refractivity contribution in [1.29, 1.82) is 0 Å². The van der Waals surface area contributed by atoms with E-state index >= 15 is 0 Å². The fourth-order valence-electron chi connectivity index (χ4n) is 4.18. The number of H-pyrrole nitrogens is 1. The molecule has 2 aromatic rings. The Bertz CT molecular complexity index is 745. The van der Waals surface area contributed by atoms with Gasteiger partial charge < -0.3 is 9.88 Å². The molecule has 1 unspecified atom stereocenters. The van der Waals surface area contributed by atoms with Crippen LogP contribution in [0.3, 0.4) is 0 Å². The number of benzene rings is 1. The monoisotopic (exact) mass is 329 g/mol. The number of hydrogen-bond donors (Lipinski definition) is 1. The Morgan fingerprint density at radius 3 is 3.09 bits per heavy atom. The highest BCUT2D eigenvalue weighted by atomic mass is 31.1. The molecule has 2 aliphatic rings. The van der Waals surface area contributed by atoms with Gasteiger partial charge in [0.05, 0.1) is 17.1 Å². The van der Waals surface area contributed by atoms with Gasteiger partial charge in [0.15, 0.2) is 0 Å². The van der Waals surface area contributed by atoms with E-state index in [-0.39, 0.29) is 6.04 Å². The van der Waals surface area contributed by atoms with E-state index in [0.29, 0.717) is 20.5 Å². The number of amides is 1. The molecule has 2 heterocycles. The van der Waals surface area contributed by atoms with Crippen molar-refractivity contribution in [2.75, 3.05) is 6.16 Å². The van der Waals surface area contributed by atoms with Gasteiger partial charge in [0.2, 0.25) is 6.41 Å². The molecule has 1 aromatic heterocycles. The van der Waals surface area contributed by atoms with Crippen molar-refractivity contribution < 1.29 is 9.59 Å². The number of piperidine rings is 1. The van der Waals surface area contributed by atoms with Crippen LogP contribution in [-0.4, -0.2) is 39.5 Å². The molecular formula is C17H20N3O2P. The molecular weight excluding hydrogens is 309 g/mol. The summed E-state index contributed by atoms with van der Waals surface area (Å²) in [7, 11) is 0.373. The van der Waals surface area contributed by atoms with Crippen LogP contribution in [0.1, 0.15) is 36.7 Å². The Balaban J connectivity index is 1.61. The lowest BCUT2D eigenvalue weighted by atomic mass is 9.98. The van der Waals surface area contributed by atoms with Crippen LogP contribution >= 0.6 is 8.58 Å². The number of carbonyl (C=O) groups excluding carboxylic acids is 2. The second-order valence-electron chi connectivity index (χ2n) is 6.52. The third-order valence-electron chi connectivity index (χ3n) is 5.24. The molecule has 1 aliphatic heterocycles. The van der Waals surface area contributed by atoms with E-state index in [1.54, 1.807) is 0 Å². The predicted molar refractivity (Wildman–Crippen MR) is 91.5 cm³/mol. The van der Waals surface area contributed by atoms with Crippen molar-refractivity contribution in [3.05, 3.63) is 29.6 Å². The fraction of sp³-hybridized carbons (Fsp3) is 0.471. The van der Waals surface area contributed by atoms with Gasteiger partial charge in [0.1, 0.15) is 11.9 Å². The SMILES string of the molecule is O=CPCCc1ccc2nc([C@@H]3[C@H]4CC[C@H](C4)N3C=O)[nH]c2c1. The quantitative estimate of drug-likeness (QED) is 0.503. The fourth-order valence-corrected chi connectivity index (χ4v) is 4.73. The lowest BCUT2D eigenvalue weighted by molar-refractivity contribution is -0.122. The van der Waals surface area contributed by atoms with Crippen LogP contribution in [0.15, 0.2) is 18.2 Å². The molecule has 1 N–H and O–H groups in total. The van der Waals surface area contributed by atoms with E-state index in [1.165, 1.54) is 12.0 Å². The zero-order chi connectivity index (χ0) is 15.8. The van der Waals surface area contributed by atoms with Gasteiger partial charge in [-0.15, -0.1) is 0 Å². The topological polar surface area (TPSA) is 66.1 Å². The van der Waals surface area contributed by atoms with Crippen molar-refractivity contribution >= 4 is 32.1 Å². The molecule has 1 aliphatic carbocycles. The third kappa shape index (κ3) is 2.57. The maximum absolute atomic E-state index is 11.5. The summed E-state index contributed by atoms with van der Waals surface area (Å²) >= 11 is 0. The Morgan fingerprint density at radius 1 is 1.35 bits per heavy atom. The van der Waals surface area contributed by atoms with Crippen LogP contribution < -0.4 is 0 Å². The molecule has 0 radical (unpaired) electrons. The molecule has 5 nitrogen and oxygen atoms in total. The number of fused-ring (bicyclic) bond motifs is 3. The minimum atomic E-state index is 0.110. The van der Waals surface area contributed by atoms with Gasteiger partial charge in [-0.2, -0.15) is 0 Å². The maximum atomic E-state index is 11.5. The van der Waals surface area contributed by atoms with Crippen LogP contribution in [0.2, 0.25) is 0 Å². The van der Waals surface area contributed by atoms with Crippen molar-refractivity contribution in [1.82, 2.24) is 14.9 Å². The summed E-state index contributed by atoms with van der Waals surface area (Å²) in [6, 6.07) is 7.75. The zero-order valence-electron chi connectivity index (χ0n) is 12.9. The molecule has 1 aromatic carbocycles. The molecule has 4 atom stereocenters. The normalized spacial score (nSPS) is 26.6. The average Bonchev–Trinajstić information content (AvgIpc) is 3.27. The van der Waals surface area contributed by atoms with Gasteiger partial charge >= 0.3 is 0 Å². The van der Waals surface area contributed by atoms with Crippen LogP contribution in [-0.2, 0) is 16.0 Å². The highest BCUT2D eigenvalue weighted by Gasteiger charge is 2.47. The van der Waals surface area contributed by atoms with Crippen molar-refractivity contribution in [2.45, 2.75) is 37.8 Å². The highest BCUT2D eigenvalue weighted by Crippen LogP contribution is 2.48. The van der Waals surface area contributed by atoms with E-state index < -0.39 is 0 Å². The zero-order valence-corrected chi connectivity index (χ0v) is 13.9. The molecule has 1 saturated heterocycles. The number of carbonyl (C=O) groups is 2. The first kappa shape index (κ1) is 14.8. The number of imidazole rings is 1. The van der Waals surface area contributed by atoms with Gasteiger partial charge in [-0.25, -0.2) is 4.98 Å². The molecule has 2 bridgehead atoms. The summed E-state index contributed by atoms with van der Waals surface area (Å²) in [5.41, 5.74) is 3.21. The first-order valence-electron chi connectivity index (χ1n) is 8.18. The third-order valence-corrected chi connectivity index (χ3v) is 5.95. The molecule has 6 heteroatoms. The Kier molecular flexibility index (Phi) is 3.90. The number of aryl methyl sites for hydroxylation is 1. The molecule has 1 amide bonds.